The van der Waals surface area contributed by atoms with Gasteiger partial charge in [-0.05, 0) is 44.8 Å². The van der Waals surface area contributed by atoms with Crippen LogP contribution in [0.2, 0.25) is 0 Å². The summed E-state index contributed by atoms with van der Waals surface area (Å²) in [5.41, 5.74) is 5.43. The first kappa shape index (κ1) is 9.73. The van der Waals surface area contributed by atoms with Crippen LogP contribution < -0.4 is 4.90 Å². The minimum absolute atomic E-state index is 0.850. The first-order valence-electron chi connectivity index (χ1n) is 9.60. The average molecular weight is 294 g/mol. The summed E-state index contributed by atoms with van der Waals surface area (Å²) in [5, 5.41) is 0. The molecule has 0 radical (unpaired) electrons. The second-order valence-electron chi connectivity index (χ2n) is 5.97. The Morgan fingerprint density at radius 3 is 2.55 bits per heavy atom. The van der Waals surface area contributed by atoms with E-state index in [0.29, 0.717) is 0 Å². The number of benzene rings is 2. The van der Waals surface area contributed by atoms with Crippen molar-refractivity contribution < 1.29 is 5.48 Å². The quantitative estimate of drug-likeness (QED) is 0.736. The van der Waals surface area contributed by atoms with Crippen molar-refractivity contribution in [3.63, 3.8) is 0 Å². The molecule has 0 saturated heterocycles. The lowest BCUT2D eigenvalue weighted by Gasteiger charge is -2.34. The van der Waals surface area contributed by atoms with Crippen molar-refractivity contribution in [2.45, 2.75) is 39.8 Å². The third-order valence-electron chi connectivity index (χ3n) is 4.74. The maximum Gasteiger partial charge on any atom is 0.104 e. The molecule has 2 atom stereocenters. The van der Waals surface area contributed by atoms with Crippen LogP contribution >= 0.6 is 0 Å². The molecule has 0 fully saturated rings. The molecule has 2 aromatic carbocycles. The van der Waals surface area contributed by atoms with E-state index in [4.69, 9.17) is 5.48 Å². The van der Waals surface area contributed by atoms with Crippen molar-refractivity contribution in [3.05, 3.63) is 70.9 Å². The third kappa shape index (κ3) is 1.61. The maximum absolute atomic E-state index is 9.02. The first-order chi connectivity index (χ1) is 12.2. The number of hydrogen-bond donors (Lipinski definition) is 0. The molecule has 2 heteroatoms. The highest BCUT2D eigenvalue weighted by atomic mass is 15.4. The van der Waals surface area contributed by atoms with Gasteiger partial charge >= 0.3 is 0 Å². The highest BCUT2D eigenvalue weighted by Gasteiger charge is 2.43. The number of fused-ring (bicyclic) bond motifs is 3. The van der Waals surface area contributed by atoms with Gasteiger partial charge in [-0.3, -0.25) is 0 Å². The van der Waals surface area contributed by atoms with E-state index in [1.54, 1.807) is 11.8 Å². The minimum atomic E-state index is -2.27. The van der Waals surface area contributed by atoms with Crippen LogP contribution in [0.25, 0.3) is 5.70 Å². The van der Waals surface area contributed by atoms with Crippen molar-refractivity contribution in [1.82, 2.24) is 4.90 Å². The molecule has 4 rings (SSSR count). The van der Waals surface area contributed by atoms with Gasteiger partial charge in [-0.2, -0.15) is 0 Å². The highest BCUT2D eigenvalue weighted by molar-refractivity contribution is 5.81. The van der Waals surface area contributed by atoms with Crippen LogP contribution in [0.4, 0.5) is 5.69 Å². The summed E-state index contributed by atoms with van der Waals surface area (Å²) >= 11 is 0. The Labute approximate surface area is 138 Å². The lowest BCUT2D eigenvalue weighted by Crippen LogP contribution is -2.37. The second-order valence-corrected chi connectivity index (χ2v) is 5.97. The normalized spacial score (nSPS) is 29.7. The fourth-order valence-corrected chi connectivity index (χ4v) is 3.67. The number of nitrogens with zero attached hydrogens (tertiary/aromatic N) is 2. The summed E-state index contributed by atoms with van der Waals surface area (Å²) in [5.74, 6) is 0. The largest absolute Gasteiger partial charge is 0.342 e. The van der Waals surface area contributed by atoms with E-state index in [9.17, 15) is 0 Å². The fourth-order valence-electron chi connectivity index (χ4n) is 3.67. The molecule has 0 saturated carbocycles. The zero-order valence-electron chi connectivity index (χ0n) is 17.1. The topological polar surface area (TPSA) is 6.48 Å². The number of para-hydroxylation sites is 1. The van der Waals surface area contributed by atoms with Gasteiger partial charge in [0.15, 0.2) is 0 Å². The van der Waals surface area contributed by atoms with Gasteiger partial charge in [0, 0.05) is 21.1 Å². The van der Waals surface area contributed by atoms with Crippen molar-refractivity contribution in [2.75, 3.05) is 4.90 Å². The van der Waals surface area contributed by atoms with E-state index < -0.39 is 19.0 Å². The van der Waals surface area contributed by atoms with Crippen LogP contribution in [-0.2, 0) is 0 Å². The van der Waals surface area contributed by atoms with Crippen LogP contribution in [0, 0.1) is 6.92 Å². The highest BCUT2D eigenvalue weighted by Crippen LogP contribution is 2.50. The van der Waals surface area contributed by atoms with Crippen molar-refractivity contribution >= 4 is 11.4 Å². The number of hydrogen-bond acceptors (Lipinski definition) is 2. The second kappa shape index (κ2) is 4.64. The molecule has 2 aromatic rings. The van der Waals surface area contributed by atoms with Gasteiger partial charge in [-0.25, -0.2) is 0 Å². The lowest BCUT2D eigenvalue weighted by atomic mass is 10.0. The van der Waals surface area contributed by atoms with Crippen LogP contribution in [0.5, 0.6) is 0 Å². The molecule has 2 unspecified atom stereocenters. The molecule has 0 amide bonds. The lowest BCUT2D eigenvalue weighted by molar-refractivity contribution is 0.282. The van der Waals surface area contributed by atoms with E-state index in [1.165, 1.54) is 0 Å². The summed E-state index contributed by atoms with van der Waals surface area (Å²) in [4.78, 5) is 3.66. The van der Waals surface area contributed by atoms with Crippen molar-refractivity contribution in [2.24, 2.45) is 0 Å². The standard InChI is InChI=1S/C20H22N2/c1-13-9-5-8-12-19(13)21-15(3)20-18-11-7-6-10-17(18)14(2)22(20)16(21)4/h5-12,14,16H,1-4H3/i4D3,14D. The molecule has 112 valence electrons. The summed E-state index contributed by atoms with van der Waals surface area (Å²) in [6.45, 7) is 3.46. The Morgan fingerprint density at radius 2 is 1.77 bits per heavy atom. The molecule has 2 nitrogen and oxygen atoms in total. The summed E-state index contributed by atoms with van der Waals surface area (Å²) in [7, 11) is 0. The Bertz CT molecular complexity index is 914. The van der Waals surface area contributed by atoms with E-state index in [2.05, 4.69) is 0 Å². The molecule has 2 heterocycles. The molecule has 0 aliphatic carbocycles. The molecular formula is C20H22N2. The Morgan fingerprint density at radius 1 is 1.05 bits per heavy atom. The number of aryl methyl sites for hydroxylation is 1. The third-order valence-corrected chi connectivity index (χ3v) is 4.74. The molecule has 0 aromatic heterocycles. The van der Waals surface area contributed by atoms with Crippen LogP contribution in [0.1, 0.15) is 48.9 Å². The van der Waals surface area contributed by atoms with Crippen molar-refractivity contribution in [3.8, 4) is 0 Å². The van der Waals surface area contributed by atoms with E-state index in [1.807, 2.05) is 67.3 Å². The van der Waals surface area contributed by atoms with E-state index in [0.717, 1.165) is 33.8 Å². The zero-order valence-corrected chi connectivity index (χ0v) is 13.1. The van der Waals surface area contributed by atoms with Gasteiger partial charge in [0.25, 0.3) is 0 Å². The van der Waals surface area contributed by atoms with Gasteiger partial charge in [-0.15, -0.1) is 0 Å². The predicted molar refractivity (Wildman–Crippen MR) is 92.4 cm³/mol. The molecule has 0 spiro atoms. The van der Waals surface area contributed by atoms with Crippen LogP contribution in [-0.4, -0.2) is 11.1 Å². The van der Waals surface area contributed by atoms with E-state index >= 15 is 0 Å². The summed E-state index contributed by atoms with van der Waals surface area (Å²) in [6, 6.07) is 14.4. The number of allylic oxidation sites excluding steroid dienone is 1. The van der Waals surface area contributed by atoms with Crippen LogP contribution in [0.3, 0.4) is 0 Å². The van der Waals surface area contributed by atoms with Gasteiger partial charge in [0.2, 0.25) is 0 Å². The van der Waals surface area contributed by atoms with E-state index in [-0.39, 0.29) is 0 Å². The predicted octanol–water partition coefficient (Wildman–Crippen LogP) is 4.93. The summed E-state index contributed by atoms with van der Waals surface area (Å²) < 4.78 is 33.8. The van der Waals surface area contributed by atoms with Gasteiger partial charge < -0.3 is 9.80 Å². The zero-order chi connectivity index (χ0) is 18.9. The van der Waals surface area contributed by atoms with Gasteiger partial charge in [0.1, 0.15) is 6.17 Å². The Kier molecular flexibility index (Phi) is 2.05. The van der Waals surface area contributed by atoms with Gasteiger partial charge in [-0.1, -0.05) is 42.5 Å². The fraction of sp³-hybridized carbons (Fsp3) is 0.300. The Hall–Kier alpha value is -2.22. The SMILES string of the molecule is [2H]C([2H])([2H])C1N(c2ccccc2C)C(C)=C2c3ccccc3C([2H])(C)N21. The average Bonchev–Trinajstić information content (AvgIpc) is 3.00. The molecule has 22 heavy (non-hydrogen) atoms. The van der Waals surface area contributed by atoms with Gasteiger partial charge in [0.05, 0.1) is 13.1 Å². The van der Waals surface area contributed by atoms with Crippen molar-refractivity contribution in [1.29, 1.82) is 0 Å². The summed E-state index contributed by atoms with van der Waals surface area (Å²) in [6.07, 6.45) is -0.909. The molecule has 0 N–H and O–H groups in total. The minimum Gasteiger partial charge on any atom is -0.342 e. The molecule has 2 aliphatic rings. The molecule has 0 bridgehead atoms. The number of rotatable bonds is 1. The maximum atomic E-state index is 9.02. The van der Waals surface area contributed by atoms with Crippen LogP contribution in [0.15, 0.2) is 54.2 Å². The molecular weight excluding hydrogens is 268 g/mol. The molecule has 2 aliphatic heterocycles. The smallest absolute Gasteiger partial charge is 0.104 e. The monoisotopic (exact) mass is 294 g/mol. The Balaban J connectivity index is 2.01. The number of anilines is 1. The first-order valence-corrected chi connectivity index (χ1v) is 7.60.